The van der Waals surface area contributed by atoms with Crippen molar-refractivity contribution in [1.29, 1.82) is 0 Å². The zero-order valence-electron chi connectivity index (χ0n) is 13.8. The lowest BCUT2D eigenvalue weighted by atomic mass is 10.0. The lowest BCUT2D eigenvalue weighted by Crippen LogP contribution is -3.00. The molecule has 0 saturated carbocycles. The molecule has 0 bridgehead atoms. The minimum atomic E-state index is -0.533. The van der Waals surface area contributed by atoms with E-state index < -0.39 is 6.10 Å². The van der Waals surface area contributed by atoms with E-state index in [0.717, 1.165) is 11.3 Å². The van der Waals surface area contributed by atoms with Crippen molar-refractivity contribution in [2.45, 2.75) is 39.3 Å². The third kappa shape index (κ3) is 5.20. The van der Waals surface area contributed by atoms with Crippen molar-refractivity contribution in [3.05, 3.63) is 59.0 Å². The smallest absolute Gasteiger partial charge is 0.171 e. The Morgan fingerprint density at radius 3 is 2.48 bits per heavy atom. The van der Waals surface area contributed by atoms with Crippen molar-refractivity contribution in [3.63, 3.8) is 0 Å². The SMILES string of the molecule is Cc1cc(C(=O)CC[NH2+]C(C)C(O)c2ccccc2)c(C)o1.[Cl-]. The first kappa shape index (κ1) is 19.4. The van der Waals surface area contributed by atoms with E-state index in [1.807, 2.05) is 56.4 Å². The topological polar surface area (TPSA) is 67.0 Å². The molecule has 126 valence electrons. The van der Waals surface area contributed by atoms with Gasteiger partial charge in [-0.05, 0) is 32.4 Å². The Hall–Kier alpha value is -1.62. The minimum Gasteiger partial charge on any atom is -1.00 e. The van der Waals surface area contributed by atoms with Crippen molar-refractivity contribution < 1.29 is 32.0 Å². The molecule has 23 heavy (non-hydrogen) atoms. The van der Waals surface area contributed by atoms with E-state index in [0.29, 0.717) is 24.3 Å². The van der Waals surface area contributed by atoms with E-state index in [-0.39, 0.29) is 24.2 Å². The molecule has 2 unspecified atom stereocenters. The van der Waals surface area contributed by atoms with Crippen LogP contribution < -0.4 is 17.7 Å². The van der Waals surface area contributed by atoms with Crippen LogP contribution in [0.4, 0.5) is 0 Å². The number of halogens is 1. The number of aryl methyl sites for hydroxylation is 2. The Morgan fingerprint density at radius 2 is 1.91 bits per heavy atom. The van der Waals surface area contributed by atoms with Crippen molar-refractivity contribution in [2.75, 3.05) is 6.54 Å². The highest BCUT2D eigenvalue weighted by atomic mass is 35.5. The number of Topliss-reactive ketones (excluding diaryl/α,β-unsaturated/α-hetero) is 1. The number of aliphatic hydroxyl groups excluding tert-OH is 1. The van der Waals surface area contributed by atoms with Crippen LogP contribution in [0.1, 0.15) is 46.9 Å². The molecular weight excluding hydrogens is 314 g/mol. The van der Waals surface area contributed by atoms with Gasteiger partial charge in [0.05, 0.1) is 18.5 Å². The zero-order valence-corrected chi connectivity index (χ0v) is 14.5. The van der Waals surface area contributed by atoms with Gasteiger partial charge < -0.3 is 27.2 Å². The second kappa shape index (κ2) is 8.87. The van der Waals surface area contributed by atoms with Crippen LogP contribution >= 0.6 is 0 Å². The summed E-state index contributed by atoms with van der Waals surface area (Å²) in [6.45, 7) is 6.27. The monoisotopic (exact) mass is 337 g/mol. The summed E-state index contributed by atoms with van der Waals surface area (Å²) >= 11 is 0. The Kier molecular flexibility index (Phi) is 7.49. The largest absolute Gasteiger partial charge is 1.00 e. The highest BCUT2D eigenvalue weighted by Crippen LogP contribution is 2.16. The summed E-state index contributed by atoms with van der Waals surface area (Å²) < 4.78 is 5.39. The summed E-state index contributed by atoms with van der Waals surface area (Å²) in [5, 5.41) is 12.3. The molecule has 0 fully saturated rings. The number of carbonyl (C=O) groups excluding carboxylic acids is 1. The fraction of sp³-hybridized carbons (Fsp3) is 0.389. The van der Waals surface area contributed by atoms with Gasteiger partial charge in [0.15, 0.2) is 5.78 Å². The van der Waals surface area contributed by atoms with Crippen LogP contribution in [0, 0.1) is 13.8 Å². The first-order chi connectivity index (χ1) is 10.5. The van der Waals surface area contributed by atoms with Crippen LogP contribution in [-0.4, -0.2) is 23.5 Å². The molecule has 0 aliphatic heterocycles. The average molecular weight is 338 g/mol. The Labute approximate surface area is 143 Å². The molecule has 0 spiro atoms. The molecule has 1 aromatic carbocycles. The molecule has 2 atom stereocenters. The standard InChI is InChI=1S/C18H23NO3.ClH/c1-12-11-16(14(3)22-12)17(20)9-10-19-13(2)18(21)15-7-5-4-6-8-15;/h4-8,11,13,18-19,21H,9-10H2,1-3H3;1H. The van der Waals surface area contributed by atoms with Gasteiger partial charge in [-0.3, -0.25) is 4.79 Å². The molecule has 0 radical (unpaired) electrons. The van der Waals surface area contributed by atoms with Crippen molar-refractivity contribution >= 4 is 5.78 Å². The van der Waals surface area contributed by atoms with E-state index in [1.165, 1.54) is 0 Å². The highest BCUT2D eigenvalue weighted by Gasteiger charge is 2.20. The van der Waals surface area contributed by atoms with E-state index in [9.17, 15) is 9.90 Å². The molecule has 5 heteroatoms. The minimum absolute atomic E-state index is 0. The maximum Gasteiger partial charge on any atom is 0.171 e. The second-order valence-electron chi connectivity index (χ2n) is 5.74. The first-order valence-corrected chi connectivity index (χ1v) is 7.65. The molecule has 0 aliphatic rings. The third-order valence-electron chi connectivity index (χ3n) is 3.89. The normalized spacial score (nSPS) is 13.2. The van der Waals surface area contributed by atoms with Crippen molar-refractivity contribution in [1.82, 2.24) is 0 Å². The Morgan fingerprint density at radius 1 is 1.26 bits per heavy atom. The number of furan rings is 1. The molecule has 4 nitrogen and oxygen atoms in total. The summed E-state index contributed by atoms with van der Waals surface area (Å²) in [7, 11) is 0. The number of benzene rings is 1. The first-order valence-electron chi connectivity index (χ1n) is 7.65. The molecule has 2 rings (SSSR count). The zero-order chi connectivity index (χ0) is 16.1. The van der Waals surface area contributed by atoms with Gasteiger partial charge in [-0.1, -0.05) is 30.3 Å². The average Bonchev–Trinajstić information content (AvgIpc) is 2.86. The number of quaternary nitrogens is 1. The fourth-order valence-electron chi connectivity index (χ4n) is 2.60. The summed E-state index contributed by atoms with van der Waals surface area (Å²) in [6.07, 6.45) is -0.0970. The summed E-state index contributed by atoms with van der Waals surface area (Å²) in [6, 6.07) is 11.4. The van der Waals surface area contributed by atoms with Crippen LogP contribution in [0.3, 0.4) is 0 Å². The van der Waals surface area contributed by atoms with E-state index in [2.05, 4.69) is 0 Å². The molecule has 3 N–H and O–H groups in total. The maximum atomic E-state index is 12.2. The van der Waals surface area contributed by atoms with Gasteiger partial charge in [0.1, 0.15) is 23.7 Å². The molecule has 2 aromatic rings. The number of hydrogen-bond acceptors (Lipinski definition) is 3. The third-order valence-corrected chi connectivity index (χ3v) is 3.89. The van der Waals surface area contributed by atoms with Gasteiger partial charge in [0, 0.05) is 0 Å². The van der Waals surface area contributed by atoms with E-state index >= 15 is 0 Å². The van der Waals surface area contributed by atoms with Gasteiger partial charge in [-0.2, -0.15) is 0 Å². The van der Waals surface area contributed by atoms with Gasteiger partial charge in [0.2, 0.25) is 0 Å². The predicted molar refractivity (Wildman–Crippen MR) is 84.8 cm³/mol. The van der Waals surface area contributed by atoms with Crippen LogP contribution in [0.2, 0.25) is 0 Å². The van der Waals surface area contributed by atoms with Crippen LogP contribution in [0.25, 0.3) is 0 Å². The Balaban J connectivity index is 0.00000264. The van der Waals surface area contributed by atoms with Gasteiger partial charge in [-0.15, -0.1) is 0 Å². The van der Waals surface area contributed by atoms with Gasteiger partial charge in [0.25, 0.3) is 0 Å². The molecule has 0 aliphatic carbocycles. The lowest BCUT2D eigenvalue weighted by molar-refractivity contribution is -0.693. The quantitative estimate of drug-likeness (QED) is 0.647. The molecule has 1 heterocycles. The number of rotatable bonds is 7. The van der Waals surface area contributed by atoms with Crippen LogP contribution in [-0.2, 0) is 0 Å². The van der Waals surface area contributed by atoms with Gasteiger partial charge >= 0.3 is 0 Å². The molecule has 0 saturated heterocycles. The highest BCUT2D eigenvalue weighted by molar-refractivity contribution is 5.97. The lowest BCUT2D eigenvalue weighted by Gasteiger charge is -2.17. The van der Waals surface area contributed by atoms with Crippen molar-refractivity contribution in [3.8, 4) is 0 Å². The summed E-state index contributed by atoms with van der Waals surface area (Å²) in [5.74, 6) is 1.53. The number of nitrogens with two attached hydrogens (primary N) is 1. The number of aliphatic hydroxyl groups is 1. The van der Waals surface area contributed by atoms with E-state index in [1.54, 1.807) is 6.07 Å². The maximum absolute atomic E-state index is 12.2. The number of carbonyl (C=O) groups is 1. The van der Waals surface area contributed by atoms with Crippen molar-refractivity contribution in [2.24, 2.45) is 0 Å². The van der Waals surface area contributed by atoms with Crippen LogP contribution in [0.15, 0.2) is 40.8 Å². The molecule has 0 amide bonds. The van der Waals surface area contributed by atoms with Gasteiger partial charge in [-0.25, -0.2) is 0 Å². The number of hydrogen-bond donors (Lipinski definition) is 2. The van der Waals surface area contributed by atoms with Crippen LogP contribution in [0.5, 0.6) is 0 Å². The predicted octanol–water partition coefficient (Wildman–Crippen LogP) is -0.841. The molecule has 1 aromatic heterocycles. The summed E-state index contributed by atoms with van der Waals surface area (Å²) in [5.41, 5.74) is 1.57. The summed E-state index contributed by atoms with van der Waals surface area (Å²) in [4.78, 5) is 12.2. The molecular formula is C18H24ClNO3. The van der Waals surface area contributed by atoms with E-state index in [4.69, 9.17) is 4.42 Å². The number of ketones is 1. The fourth-order valence-corrected chi connectivity index (χ4v) is 2.60. The second-order valence-corrected chi connectivity index (χ2v) is 5.74. The Bertz CT molecular complexity index is 624.